The molecule has 1 amide bonds. The molecule has 0 bridgehead atoms. The number of carbonyl (C=O) groups excluding carboxylic acids is 2. The highest BCUT2D eigenvalue weighted by atomic mass is 35.5. The number of anilines is 1. The van der Waals surface area contributed by atoms with Crippen LogP contribution in [0.4, 0.5) is 11.4 Å². The third kappa shape index (κ3) is 7.61. The summed E-state index contributed by atoms with van der Waals surface area (Å²) < 4.78 is 6.14. The van der Waals surface area contributed by atoms with Gasteiger partial charge in [-0.15, -0.1) is 0 Å². The van der Waals surface area contributed by atoms with Crippen molar-refractivity contribution in [3.63, 3.8) is 0 Å². The van der Waals surface area contributed by atoms with Crippen LogP contribution in [0.1, 0.15) is 56.7 Å². The lowest BCUT2D eigenvalue weighted by Crippen LogP contribution is -2.40. The number of likely N-dealkylation sites (N-methyl/N-ethyl adjacent to an activating group) is 1. The number of benzene rings is 2. The average molecular weight is 566 g/mol. The number of ether oxygens (including phenoxy) is 1. The minimum Gasteiger partial charge on any atom is -0.480 e. The Morgan fingerprint density at radius 1 is 1.10 bits per heavy atom. The third-order valence-electron chi connectivity index (χ3n) is 6.95. The normalized spacial score (nSPS) is 15.2. The Bertz CT molecular complexity index is 1350. The molecule has 8 heteroatoms. The number of halogens is 1. The molecule has 0 radical (unpaired) electrons. The van der Waals surface area contributed by atoms with Crippen LogP contribution >= 0.6 is 11.6 Å². The minimum absolute atomic E-state index is 0.0198. The fourth-order valence-corrected chi connectivity index (χ4v) is 4.73. The van der Waals surface area contributed by atoms with E-state index in [1.54, 1.807) is 13.0 Å². The highest BCUT2D eigenvalue weighted by Crippen LogP contribution is 2.29. The maximum Gasteiger partial charge on any atom is 0.265 e. The smallest absolute Gasteiger partial charge is 0.265 e. The van der Waals surface area contributed by atoms with Crippen LogP contribution in [0, 0.1) is 20.8 Å². The van der Waals surface area contributed by atoms with Crippen molar-refractivity contribution >= 4 is 40.4 Å². The van der Waals surface area contributed by atoms with Crippen LogP contribution in [0.3, 0.4) is 0 Å². The van der Waals surface area contributed by atoms with Gasteiger partial charge < -0.3 is 20.1 Å². The summed E-state index contributed by atoms with van der Waals surface area (Å²) in [5, 5.41) is 12.1. The molecule has 1 aliphatic rings. The fraction of sp³-hybridized carbons (Fsp3) is 0.406. The number of aliphatic hydroxyl groups is 1. The Kier molecular flexibility index (Phi) is 11.1. The second-order valence-electron chi connectivity index (χ2n) is 10.1. The third-order valence-corrected chi connectivity index (χ3v) is 7.40. The number of aryl methyl sites for hydroxylation is 3. The van der Waals surface area contributed by atoms with Crippen molar-refractivity contribution in [2.45, 2.75) is 66.9 Å². The zero-order chi connectivity index (χ0) is 29.4. The Labute approximate surface area is 242 Å². The SMILES string of the molecule is CCCCC(Oc1ccc(C)cc1C)C(=O)NC1=CC(=Nc2ccc(N(CC)CCO)cc2C)C(C)=C(Cl)C1=O. The van der Waals surface area contributed by atoms with E-state index < -0.39 is 17.8 Å². The second-order valence-corrected chi connectivity index (χ2v) is 10.5. The molecule has 3 rings (SSSR count). The molecule has 40 heavy (non-hydrogen) atoms. The number of aliphatic hydroxyl groups excluding tert-OH is 1. The minimum atomic E-state index is -0.767. The first-order chi connectivity index (χ1) is 19.1. The van der Waals surface area contributed by atoms with Crippen molar-refractivity contribution < 1.29 is 19.4 Å². The molecule has 2 aromatic rings. The zero-order valence-corrected chi connectivity index (χ0v) is 25.1. The molecule has 0 aliphatic heterocycles. The number of Topliss-reactive ketones (excluding diaryl/α,β-unsaturated/α-hetero) is 1. The van der Waals surface area contributed by atoms with Crippen LogP contribution in [-0.2, 0) is 9.59 Å². The number of unbranched alkanes of at least 4 members (excludes halogenated alkanes) is 1. The molecule has 0 saturated carbocycles. The molecule has 0 spiro atoms. The number of nitrogens with zero attached hydrogens (tertiary/aromatic N) is 2. The van der Waals surface area contributed by atoms with Gasteiger partial charge in [0.15, 0.2) is 6.10 Å². The molecule has 2 aromatic carbocycles. The number of nitrogens with one attached hydrogen (secondary N) is 1. The molecular weight excluding hydrogens is 526 g/mol. The Balaban J connectivity index is 1.89. The second kappa shape index (κ2) is 14.3. The highest BCUT2D eigenvalue weighted by Gasteiger charge is 2.29. The Morgan fingerprint density at radius 3 is 2.48 bits per heavy atom. The summed E-state index contributed by atoms with van der Waals surface area (Å²) in [6.45, 7) is 13.1. The number of allylic oxidation sites excluding steroid dienone is 3. The van der Waals surface area contributed by atoms with Gasteiger partial charge in [-0.3, -0.25) is 9.59 Å². The average Bonchev–Trinajstić information content (AvgIpc) is 2.93. The lowest BCUT2D eigenvalue weighted by Gasteiger charge is -2.23. The van der Waals surface area contributed by atoms with E-state index in [4.69, 9.17) is 21.3 Å². The van der Waals surface area contributed by atoms with Gasteiger partial charge in [-0.05, 0) is 94.5 Å². The van der Waals surface area contributed by atoms with E-state index in [0.29, 0.717) is 30.0 Å². The standard InChI is InChI=1S/C32H40ClN3O4/c1-7-9-10-29(40-28-14-11-20(3)17-22(28)5)32(39)35-27-19-26(23(6)30(33)31(27)38)34-25-13-12-24(18-21(25)4)36(8-2)15-16-37/h11-14,17-19,29,37H,7-10,15-16H2,1-6H3,(H,35,39). The van der Waals surface area contributed by atoms with Gasteiger partial charge in [0.05, 0.1) is 28.7 Å². The van der Waals surface area contributed by atoms with Crippen LogP contribution in [0.2, 0.25) is 0 Å². The summed E-state index contributed by atoms with van der Waals surface area (Å²) in [4.78, 5) is 33.3. The van der Waals surface area contributed by atoms with E-state index in [0.717, 1.165) is 47.5 Å². The summed E-state index contributed by atoms with van der Waals surface area (Å²) in [5.74, 6) is -0.219. The lowest BCUT2D eigenvalue weighted by molar-refractivity contribution is -0.128. The molecular formula is C32H40ClN3O4. The van der Waals surface area contributed by atoms with E-state index in [1.165, 1.54) is 0 Å². The first kappa shape index (κ1) is 31.1. The molecule has 0 aromatic heterocycles. The first-order valence-corrected chi connectivity index (χ1v) is 14.2. The summed E-state index contributed by atoms with van der Waals surface area (Å²) >= 11 is 6.44. The molecule has 2 N–H and O–H groups in total. The predicted octanol–water partition coefficient (Wildman–Crippen LogP) is 6.24. The van der Waals surface area contributed by atoms with Gasteiger partial charge in [0, 0.05) is 18.8 Å². The number of carbonyl (C=O) groups is 2. The topological polar surface area (TPSA) is 91.2 Å². The van der Waals surface area contributed by atoms with Gasteiger partial charge in [0.25, 0.3) is 5.91 Å². The van der Waals surface area contributed by atoms with Crippen molar-refractivity contribution in [1.82, 2.24) is 5.32 Å². The highest BCUT2D eigenvalue weighted by molar-refractivity contribution is 6.49. The quantitative estimate of drug-likeness (QED) is 0.297. The Hall–Kier alpha value is -3.42. The molecule has 1 aliphatic carbocycles. The number of hydrogen-bond donors (Lipinski definition) is 2. The molecule has 0 heterocycles. The van der Waals surface area contributed by atoms with Crippen molar-refractivity contribution in [1.29, 1.82) is 0 Å². The van der Waals surface area contributed by atoms with Crippen LogP contribution in [0.25, 0.3) is 0 Å². The van der Waals surface area contributed by atoms with Gasteiger partial charge in [-0.1, -0.05) is 42.6 Å². The van der Waals surface area contributed by atoms with Crippen LogP contribution in [0.5, 0.6) is 5.75 Å². The van der Waals surface area contributed by atoms with E-state index in [2.05, 4.69) is 17.1 Å². The van der Waals surface area contributed by atoms with E-state index in [1.807, 2.05) is 64.1 Å². The number of rotatable bonds is 12. The van der Waals surface area contributed by atoms with E-state index >= 15 is 0 Å². The molecule has 1 atom stereocenters. The zero-order valence-electron chi connectivity index (χ0n) is 24.3. The summed E-state index contributed by atoms with van der Waals surface area (Å²) in [7, 11) is 0. The van der Waals surface area contributed by atoms with Gasteiger partial charge in [-0.25, -0.2) is 4.99 Å². The van der Waals surface area contributed by atoms with Crippen LogP contribution in [-0.4, -0.2) is 48.3 Å². The van der Waals surface area contributed by atoms with E-state index in [-0.39, 0.29) is 17.3 Å². The first-order valence-electron chi connectivity index (χ1n) is 13.8. The molecule has 214 valence electrons. The monoisotopic (exact) mass is 565 g/mol. The summed E-state index contributed by atoms with van der Waals surface area (Å²) in [6, 6.07) is 11.7. The van der Waals surface area contributed by atoms with Gasteiger partial charge >= 0.3 is 0 Å². The number of ketones is 1. The Morgan fingerprint density at radius 2 is 1.85 bits per heavy atom. The molecule has 7 nitrogen and oxygen atoms in total. The van der Waals surface area contributed by atoms with Crippen LogP contribution in [0.15, 0.2) is 63.8 Å². The van der Waals surface area contributed by atoms with Crippen molar-refractivity contribution in [2.24, 2.45) is 4.99 Å². The molecule has 1 unspecified atom stereocenters. The van der Waals surface area contributed by atoms with Crippen molar-refractivity contribution in [2.75, 3.05) is 24.6 Å². The number of aliphatic imine (C=N–C) groups is 1. The molecule has 0 saturated heterocycles. The largest absolute Gasteiger partial charge is 0.480 e. The predicted molar refractivity (Wildman–Crippen MR) is 163 cm³/mol. The van der Waals surface area contributed by atoms with Crippen molar-refractivity contribution in [3.8, 4) is 5.75 Å². The number of amides is 1. The van der Waals surface area contributed by atoms with Crippen LogP contribution < -0.4 is 15.0 Å². The molecule has 0 fully saturated rings. The van der Waals surface area contributed by atoms with Gasteiger partial charge in [-0.2, -0.15) is 0 Å². The summed E-state index contributed by atoms with van der Waals surface area (Å²) in [5.41, 5.74) is 5.81. The number of hydrogen-bond acceptors (Lipinski definition) is 6. The lowest BCUT2D eigenvalue weighted by atomic mass is 10.0. The summed E-state index contributed by atoms with van der Waals surface area (Å²) in [6.07, 6.45) is 3.02. The fourth-order valence-electron chi connectivity index (χ4n) is 4.53. The van der Waals surface area contributed by atoms with Gasteiger partial charge in [0.1, 0.15) is 5.75 Å². The maximum atomic E-state index is 13.4. The van der Waals surface area contributed by atoms with E-state index in [9.17, 15) is 14.7 Å². The van der Waals surface area contributed by atoms with Crippen molar-refractivity contribution in [3.05, 3.63) is 75.5 Å². The van der Waals surface area contributed by atoms with Gasteiger partial charge in [0.2, 0.25) is 5.78 Å². The maximum absolute atomic E-state index is 13.4.